The van der Waals surface area contributed by atoms with E-state index in [1.54, 1.807) is 23.7 Å². The lowest BCUT2D eigenvalue weighted by molar-refractivity contribution is -0.142. The molecule has 0 saturated heterocycles. The topological polar surface area (TPSA) is 52.1 Å². The van der Waals surface area contributed by atoms with Crippen molar-refractivity contribution in [1.29, 1.82) is 0 Å². The second-order valence-electron chi connectivity index (χ2n) is 4.48. The number of fused-ring (bicyclic) bond motifs is 1. The van der Waals surface area contributed by atoms with E-state index in [1.807, 2.05) is 43.3 Å². The van der Waals surface area contributed by atoms with E-state index in [4.69, 9.17) is 4.74 Å². The maximum atomic E-state index is 12.3. The summed E-state index contributed by atoms with van der Waals surface area (Å²) in [5, 5.41) is -0.427. The zero-order chi connectivity index (χ0) is 15.4. The summed E-state index contributed by atoms with van der Waals surface area (Å²) >= 11 is 3.00. The van der Waals surface area contributed by atoms with Gasteiger partial charge in [-0.3, -0.25) is 9.78 Å². The van der Waals surface area contributed by atoms with Crippen LogP contribution in [0.3, 0.4) is 0 Å². The summed E-state index contributed by atoms with van der Waals surface area (Å²) < 4.78 is 7.17. The number of thiazole rings is 1. The molecule has 0 radical (unpaired) electrons. The van der Waals surface area contributed by atoms with Crippen LogP contribution in [0.4, 0.5) is 0 Å². The quantitative estimate of drug-likeness (QED) is 0.521. The molecule has 0 bridgehead atoms. The largest absolute Gasteiger partial charge is 0.465 e. The van der Waals surface area contributed by atoms with Crippen LogP contribution in [-0.4, -0.2) is 22.5 Å². The summed E-state index contributed by atoms with van der Waals surface area (Å²) in [6.45, 7) is 2.17. The highest BCUT2D eigenvalue weighted by Gasteiger charge is 2.25. The smallest absolute Gasteiger partial charge is 0.324 e. The maximum absolute atomic E-state index is 12.3. The second kappa shape index (κ2) is 6.89. The van der Waals surface area contributed by atoms with E-state index in [-0.39, 0.29) is 5.97 Å². The number of esters is 1. The van der Waals surface area contributed by atoms with E-state index >= 15 is 0 Å². The summed E-state index contributed by atoms with van der Waals surface area (Å²) in [5.74, 6) is -0.252. The number of ether oxygens (including phenoxy) is 1. The molecule has 0 aliphatic carbocycles. The first kappa shape index (κ1) is 15.0. The fourth-order valence-electron chi connectivity index (χ4n) is 2.01. The number of thioether (sulfide) groups is 1. The lowest BCUT2D eigenvalue weighted by Gasteiger charge is -2.13. The normalized spacial score (nSPS) is 12.2. The van der Waals surface area contributed by atoms with E-state index in [1.165, 1.54) is 11.8 Å². The standard InChI is InChI=1S/C16H14N2O2S2/c1-2-20-15(19)14(11-7-9-17-10-8-11)22-16-18-12-5-3-4-6-13(12)21-16/h3-10,14H,2H2,1H3. The van der Waals surface area contributed by atoms with Gasteiger partial charge in [0.15, 0.2) is 4.34 Å². The van der Waals surface area contributed by atoms with E-state index in [0.29, 0.717) is 6.61 Å². The first-order chi connectivity index (χ1) is 10.8. The minimum absolute atomic E-state index is 0.252. The van der Waals surface area contributed by atoms with Gasteiger partial charge in [-0.05, 0) is 36.8 Å². The number of benzene rings is 1. The first-order valence-corrected chi connectivity index (χ1v) is 8.56. The summed E-state index contributed by atoms with van der Waals surface area (Å²) in [5.41, 5.74) is 1.82. The molecule has 6 heteroatoms. The molecule has 2 aromatic heterocycles. The molecule has 0 saturated carbocycles. The van der Waals surface area contributed by atoms with Crippen LogP contribution in [0.2, 0.25) is 0 Å². The summed E-state index contributed by atoms with van der Waals surface area (Å²) in [7, 11) is 0. The molecule has 0 fully saturated rings. The van der Waals surface area contributed by atoms with Gasteiger partial charge >= 0.3 is 5.97 Å². The molecule has 3 aromatic rings. The second-order valence-corrected chi connectivity index (χ2v) is 6.86. The van der Waals surface area contributed by atoms with Crippen molar-refractivity contribution in [2.24, 2.45) is 0 Å². The van der Waals surface area contributed by atoms with Gasteiger partial charge in [-0.2, -0.15) is 0 Å². The number of aromatic nitrogens is 2. The minimum Gasteiger partial charge on any atom is -0.465 e. The molecule has 0 aliphatic heterocycles. The van der Waals surface area contributed by atoms with Gasteiger partial charge in [0.1, 0.15) is 5.25 Å². The van der Waals surface area contributed by atoms with E-state index < -0.39 is 5.25 Å². The van der Waals surface area contributed by atoms with Gasteiger partial charge in [-0.15, -0.1) is 11.3 Å². The van der Waals surface area contributed by atoms with Gasteiger partial charge < -0.3 is 4.74 Å². The number of pyridine rings is 1. The average molecular weight is 330 g/mol. The maximum Gasteiger partial charge on any atom is 0.324 e. The van der Waals surface area contributed by atoms with Crippen LogP contribution in [0.25, 0.3) is 10.2 Å². The Kier molecular flexibility index (Phi) is 4.70. The molecule has 1 atom stereocenters. The third-order valence-corrected chi connectivity index (χ3v) is 5.37. The summed E-state index contributed by atoms with van der Waals surface area (Å²) in [4.78, 5) is 20.9. The van der Waals surface area contributed by atoms with Crippen LogP contribution < -0.4 is 0 Å². The van der Waals surface area contributed by atoms with Crippen molar-refractivity contribution in [3.8, 4) is 0 Å². The van der Waals surface area contributed by atoms with Gasteiger partial charge in [0.25, 0.3) is 0 Å². The average Bonchev–Trinajstić information content (AvgIpc) is 2.96. The molecule has 22 heavy (non-hydrogen) atoms. The molecule has 0 N–H and O–H groups in total. The van der Waals surface area contributed by atoms with E-state index in [0.717, 1.165) is 20.1 Å². The highest BCUT2D eigenvalue weighted by Crippen LogP contribution is 2.39. The van der Waals surface area contributed by atoms with Crippen LogP contribution in [0.15, 0.2) is 53.1 Å². The van der Waals surface area contributed by atoms with Crippen LogP contribution >= 0.6 is 23.1 Å². The molecule has 112 valence electrons. The van der Waals surface area contributed by atoms with Crippen LogP contribution in [0, 0.1) is 0 Å². The van der Waals surface area contributed by atoms with Crippen molar-refractivity contribution in [2.75, 3.05) is 6.61 Å². The Balaban J connectivity index is 1.90. The number of carbonyl (C=O) groups excluding carboxylic acids is 1. The Bertz CT molecular complexity index is 741. The molecular weight excluding hydrogens is 316 g/mol. The molecule has 3 rings (SSSR count). The molecule has 0 spiro atoms. The Labute approximate surface area is 136 Å². The number of carbonyl (C=O) groups is 1. The highest BCUT2D eigenvalue weighted by molar-refractivity contribution is 8.02. The van der Waals surface area contributed by atoms with Gasteiger partial charge in [0, 0.05) is 12.4 Å². The van der Waals surface area contributed by atoms with Gasteiger partial charge in [-0.25, -0.2) is 4.98 Å². The van der Waals surface area contributed by atoms with Gasteiger partial charge in [-0.1, -0.05) is 23.9 Å². The lowest BCUT2D eigenvalue weighted by Crippen LogP contribution is -2.13. The fourth-order valence-corrected chi connectivity index (χ4v) is 4.27. The number of hydrogen-bond acceptors (Lipinski definition) is 6. The van der Waals surface area contributed by atoms with Crippen molar-refractivity contribution < 1.29 is 9.53 Å². The number of hydrogen-bond donors (Lipinski definition) is 0. The van der Waals surface area contributed by atoms with Gasteiger partial charge in [0.2, 0.25) is 0 Å². The van der Waals surface area contributed by atoms with Crippen molar-refractivity contribution in [3.63, 3.8) is 0 Å². The molecule has 2 heterocycles. The zero-order valence-corrected chi connectivity index (χ0v) is 13.6. The third kappa shape index (κ3) is 3.28. The number of rotatable bonds is 5. The van der Waals surface area contributed by atoms with Crippen LogP contribution in [-0.2, 0) is 9.53 Å². The Morgan fingerprint density at radius 1 is 1.27 bits per heavy atom. The van der Waals surface area contributed by atoms with E-state index in [2.05, 4.69) is 9.97 Å². The zero-order valence-electron chi connectivity index (χ0n) is 11.9. The molecule has 0 aliphatic rings. The number of nitrogens with zero attached hydrogens (tertiary/aromatic N) is 2. The molecule has 1 aromatic carbocycles. The van der Waals surface area contributed by atoms with Crippen molar-refractivity contribution >= 4 is 39.3 Å². The monoisotopic (exact) mass is 330 g/mol. The lowest BCUT2D eigenvalue weighted by atomic mass is 10.2. The first-order valence-electron chi connectivity index (χ1n) is 6.86. The highest BCUT2D eigenvalue weighted by atomic mass is 32.2. The molecule has 0 amide bonds. The molecule has 1 unspecified atom stereocenters. The summed E-state index contributed by atoms with van der Waals surface area (Å²) in [6.07, 6.45) is 3.36. The SMILES string of the molecule is CCOC(=O)C(Sc1nc2ccccc2s1)c1ccncc1. The van der Waals surface area contributed by atoms with Crippen molar-refractivity contribution in [1.82, 2.24) is 9.97 Å². The predicted octanol–water partition coefficient (Wildman–Crippen LogP) is 4.09. The van der Waals surface area contributed by atoms with Crippen molar-refractivity contribution in [2.45, 2.75) is 16.5 Å². The fraction of sp³-hybridized carbons (Fsp3) is 0.188. The Morgan fingerprint density at radius 2 is 2.05 bits per heavy atom. The Morgan fingerprint density at radius 3 is 2.77 bits per heavy atom. The Hall–Kier alpha value is -1.92. The molecular formula is C16H14N2O2S2. The number of para-hydroxylation sites is 1. The minimum atomic E-state index is -0.427. The van der Waals surface area contributed by atoms with Crippen LogP contribution in [0.1, 0.15) is 17.7 Å². The van der Waals surface area contributed by atoms with E-state index in [9.17, 15) is 4.79 Å². The van der Waals surface area contributed by atoms with Crippen LogP contribution in [0.5, 0.6) is 0 Å². The summed E-state index contributed by atoms with van der Waals surface area (Å²) in [6, 6.07) is 11.6. The van der Waals surface area contributed by atoms with Gasteiger partial charge in [0.05, 0.1) is 16.8 Å². The third-order valence-electron chi connectivity index (χ3n) is 3.00. The van der Waals surface area contributed by atoms with Crippen molar-refractivity contribution in [3.05, 3.63) is 54.4 Å². The molecule has 4 nitrogen and oxygen atoms in total. The predicted molar refractivity (Wildman–Crippen MR) is 89.1 cm³/mol.